The van der Waals surface area contributed by atoms with Gasteiger partial charge in [0.1, 0.15) is 0 Å². The van der Waals surface area contributed by atoms with Gasteiger partial charge in [-0.1, -0.05) is 77.4 Å². The highest BCUT2D eigenvalue weighted by Crippen LogP contribution is 2.29. The van der Waals surface area contributed by atoms with Gasteiger partial charge < -0.3 is 18.9 Å². The van der Waals surface area contributed by atoms with Crippen LogP contribution in [0.1, 0.15) is 96.5 Å². The van der Waals surface area contributed by atoms with Crippen LogP contribution in [0.2, 0.25) is 0 Å². The Kier molecular flexibility index (Phi) is 17.7. The minimum absolute atomic E-state index is 0.310. The summed E-state index contributed by atoms with van der Waals surface area (Å²) in [6.07, 6.45) is 16.5. The summed E-state index contributed by atoms with van der Waals surface area (Å²) in [7, 11) is 1.36. The summed E-state index contributed by atoms with van der Waals surface area (Å²) in [5.74, 6) is 0.739. The Labute approximate surface area is 218 Å². The summed E-state index contributed by atoms with van der Waals surface area (Å²) in [6, 6.07) is 5.72. The summed E-state index contributed by atoms with van der Waals surface area (Å²) in [5.41, 5.74) is 1.30. The van der Waals surface area contributed by atoms with Crippen molar-refractivity contribution in [2.45, 2.75) is 90.9 Å². The number of ether oxygens (including phenoxy) is 4. The number of rotatable bonds is 21. The maximum atomic E-state index is 11.4. The van der Waals surface area contributed by atoms with E-state index in [9.17, 15) is 9.59 Å². The van der Waals surface area contributed by atoms with E-state index >= 15 is 0 Å². The largest absolute Gasteiger partial charge is 0.490 e. The first-order valence-electron chi connectivity index (χ1n) is 13.5. The van der Waals surface area contributed by atoms with Gasteiger partial charge in [0, 0.05) is 11.6 Å². The van der Waals surface area contributed by atoms with Gasteiger partial charge in [-0.3, -0.25) is 0 Å². The van der Waals surface area contributed by atoms with Crippen LogP contribution >= 0.6 is 0 Å². The van der Waals surface area contributed by atoms with Crippen molar-refractivity contribution in [3.63, 3.8) is 0 Å². The molecule has 0 amide bonds. The van der Waals surface area contributed by atoms with E-state index < -0.39 is 5.97 Å². The van der Waals surface area contributed by atoms with E-state index in [0.717, 1.165) is 62.7 Å². The van der Waals surface area contributed by atoms with Gasteiger partial charge in [0.05, 0.1) is 26.9 Å². The summed E-state index contributed by atoms with van der Waals surface area (Å²) in [4.78, 5) is 22.8. The lowest BCUT2D eigenvalue weighted by atomic mass is 10.1. The SMILES string of the molecule is C=C(C)C(=O)OCCCCCCCCOc1ccc(C=CC(=O)OC)cc1OCCCCCCCC. The molecule has 0 saturated heterocycles. The summed E-state index contributed by atoms with van der Waals surface area (Å²) in [5, 5.41) is 0. The first kappa shape index (κ1) is 31.3. The number of methoxy groups -OCH3 is 1. The molecule has 0 fully saturated rings. The Morgan fingerprint density at radius 1 is 0.806 bits per heavy atom. The summed E-state index contributed by atoms with van der Waals surface area (Å²) < 4.78 is 21.9. The second-order valence-corrected chi connectivity index (χ2v) is 9.06. The number of benzene rings is 1. The molecular weight excluding hydrogens is 456 g/mol. The Bertz CT molecular complexity index is 799. The Morgan fingerprint density at radius 2 is 1.36 bits per heavy atom. The predicted molar refractivity (Wildman–Crippen MR) is 145 cm³/mol. The predicted octanol–water partition coefficient (Wildman–Crippen LogP) is 7.45. The van der Waals surface area contributed by atoms with E-state index in [4.69, 9.17) is 14.2 Å². The molecular formula is C30H46O6. The summed E-state index contributed by atoms with van der Waals surface area (Å²) >= 11 is 0. The molecule has 0 heterocycles. The molecule has 0 aromatic heterocycles. The van der Waals surface area contributed by atoms with Crippen LogP contribution in [0.15, 0.2) is 36.4 Å². The van der Waals surface area contributed by atoms with Crippen LogP contribution in [0, 0.1) is 0 Å². The van der Waals surface area contributed by atoms with Crippen molar-refractivity contribution in [2.24, 2.45) is 0 Å². The molecule has 0 bridgehead atoms. The van der Waals surface area contributed by atoms with E-state index in [1.165, 1.54) is 38.9 Å². The third-order valence-corrected chi connectivity index (χ3v) is 5.71. The fourth-order valence-electron chi connectivity index (χ4n) is 3.54. The molecule has 1 rings (SSSR count). The van der Waals surface area contributed by atoms with E-state index in [0.29, 0.717) is 31.1 Å². The van der Waals surface area contributed by atoms with Crippen LogP contribution in [0.3, 0.4) is 0 Å². The standard InChI is InChI=1S/C30H46O6/c1-5-6-7-8-11-15-22-35-28-24-26(18-20-29(31)33-4)17-19-27(28)34-21-14-12-9-10-13-16-23-36-30(32)25(2)3/h17-20,24H,2,5-16,21-23H2,1,3-4H3. The fourth-order valence-corrected chi connectivity index (χ4v) is 3.54. The van der Waals surface area contributed by atoms with Gasteiger partial charge in [-0.05, 0) is 50.0 Å². The van der Waals surface area contributed by atoms with Crippen molar-refractivity contribution >= 4 is 18.0 Å². The molecule has 202 valence electrons. The molecule has 1 aromatic carbocycles. The molecule has 0 aliphatic rings. The molecule has 1 aromatic rings. The van der Waals surface area contributed by atoms with Gasteiger partial charge in [-0.15, -0.1) is 0 Å². The Morgan fingerprint density at radius 3 is 1.94 bits per heavy atom. The van der Waals surface area contributed by atoms with E-state index in [1.807, 2.05) is 18.2 Å². The van der Waals surface area contributed by atoms with Crippen molar-refractivity contribution < 1.29 is 28.5 Å². The Balaban J connectivity index is 2.40. The van der Waals surface area contributed by atoms with Crippen molar-refractivity contribution in [1.82, 2.24) is 0 Å². The van der Waals surface area contributed by atoms with Crippen molar-refractivity contribution in [3.05, 3.63) is 42.0 Å². The minimum atomic E-state index is -0.391. The van der Waals surface area contributed by atoms with Crippen LogP contribution in [0.25, 0.3) is 6.08 Å². The highest BCUT2D eigenvalue weighted by molar-refractivity contribution is 5.87. The Hall–Kier alpha value is -2.76. The molecule has 0 spiro atoms. The summed E-state index contributed by atoms with van der Waals surface area (Å²) in [6.45, 7) is 9.19. The molecule has 0 N–H and O–H groups in total. The zero-order valence-corrected chi connectivity index (χ0v) is 22.6. The second kappa shape index (κ2) is 20.4. The fraction of sp³-hybridized carbons (Fsp3) is 0.600. The van der Waals surface area contributed by atoms with E-state index in [1.54, 1.807) is 13.0 Å². The number of hydrogen-bond acceptors (Lipinski definition) is 6. The molecule has 0 radical (unpaired) electrons. The number of carbonyl (C=O) groups is 2. The highest BCUT2D eigenvalue weighted by Gasteiger charge is 2.07. The zero-order valence-electron chi connectivity index (χ0n) is 22.6. The van der Waals surface area contributed by atoms with Gasteiger partial charge in [-0.25, -0.2) is 9.59 Å². The van der Waals surface area contributed by atoms with Gasteiger partial charge in [0.25, 0.3) is 0 Å². The first-order valence-corrected chi connectivity index (χ1v) is 13.5. The monoisotopic (exact) mass is 502 g/mol. The maximum Gasteiger partial charge on any atom is 0.333 e. The zero-order chi connectivity index (χ0) is 26.4. The minimum Gasteiger partial charge on any atom is -0.490 e. The molecule has 6 nitrogen and oxygen atoms in total. The van der Waals surface area contributed by atoms with Gasteiger partial charge in [-0.2, -0.15) is 0 Å². The van der Waals surface area contributed by atoms with E-state index in [-0.39, 0.29) is 5.97 Å². The normalized spacial score (nSPS) is 10.9. The molecule has 0 aliphatic heterocycles. The third kappa shape index (κ3) is 15.3. The number of hydrogen-bond donors (Lipinski definition) is 0. The number of esters is 2. The van der Waals surface area contributed by atoms with Crippen LogP contribution in [0.4, 0.5) is 0 Å². The molecule has 6 heteroatoms. The first-order chi connectivity index (χ1) is 17.5. The van der Waals surface area contributed by atoms with E-state index in [2.05, 4.69) is 18.2 Å². The molecule has 0 atom stereocenters. The van der Waals surface area contributed by atoms with Gasteiger partial charge >= 0.3 is 11.9 Å². The van der Waals surface area contributed by atoms with Crippen LogP contribution in [-0.4, -0.2) is 38.9 Å². The molecule has 36 heavy (non-hydrogen) atoms. The van der Waals surface area contributed by atoms with Crippen molar-refractivity contribution in [3.8, 4) is 11.5 Å². The van der Waals surface area contributed by atoms with Gasteiger partial charge in [0.15, 0.2) is 11.5 Å². The molecule has 0 saturated carbocycles. The van der Waals surface area contributed by atoms with Crippen LogP contribution in [0.5, 0.6) is 11.5 Å². The molecule has 0 aliphatic carbocycles. The lowest BCUT2D eigenvalue weighted by molar-refractivity contribution is -0.139. The smallest absolute Gasteiger partial charge is 0.333 e. The topological polar surface area (TPSA) is 71.1 Å². The number of unbranched alkanes of at least 4 members (excludes halogenated alkanes) is 10. The average molecular weight is 503 g/mol. The third-order valence-electron chi connectivity index (χ3n) is 5.71. The quantitative estimate of drug-likeness (QED) is 0.0987. The lowest BCUT2D eigenvalue weighted by Crippen LogP contribution is -2.06. The van der Waals surface area contributed by atoms with Crippen molar-refractivity contribution in [2.75, 3.05) is 26.9 Å². The number of carbonyl (C=O) groups excluding carboxylic acids is 2. The average Bonchev–Trinajstić information content (AvgIpc) is 2.88. The maximum absolute atomic E-state index is 11.4. The lowest BCUT2D eigenvalue weighted by Gasteiger charge is -2.14. The molecule has 0 unspecified atom stereocenters. The van der Waals surface area contributed by atoms with Crippen molar-refractivity contribution in [1.29, 1.82) is 0 Å². The van der Waals surface area contributed by atoms with Gasteiger partial charge in [0.2, 0.25) is 0 Å². The second-order valence-electron chi connectivity index (χ2n) is 9.06. The van der Waals surface area contributed by atoms with Crippen LogP contribution in [-0.2, 0) is 19.1 Å². The van der Waals surface area contributed by atoms with Crippen LogP contribution < -0.4 is 9.47 Å². The highest BCUT2D eigenvalue weighted by atomic mass is 16.5.